The molecule has 0 aromatic heterocycles. The van der Waals surface area contributed by atoms with Gasteiger partial charge in [-0.2, -0.15) is 0 Å². The van der Waals surface area contributed by atoms with E-state index in [1.165, 1.54) is 11.1 Å². The van der Waals surface area contributed by atoms with Crippen molar-refractivity contribution in [2.75, 3.05) is 6.54 Å². The highest BCUT2D eigenvalue weighted by atomic mass is 35.5. The Morgan fingerprint density at radius 1 is 1.38 bits per heavy atom. The summed E-state index contributed by atoms with van der Waals surface area (Å²) in [5, 5.41) is 0. The SMILES string of the molecule is CCCC(C)(N)C(=O)N1Cc2ccccc2C(C)(C)C1.Cl. The standard InChI is InChI=1S/C17H26N2O.ClH/c1-5-10-17(4,18)15(20)19-11-13-8-6-7-9-14(13)16(2,3)12-19;/h6-9H,5,10-12,18H2,1-4H3;1H. The van der Waals surface area contributed by atoms with Crippen LogP contribution in [0.25, 0.3) is 0 Å². The first-order valence-electron chi connectivity index (χ1n) is 7.44. The Hall–Kier alpha value is -1.06. The lowest BCUT2D eigenvalue weighted by molar-refractivity contribution is -0.138. The lowest BCUT2D eigenvalue weighted by Crippen LogP contribution is -2.56. The molecule has 1 aromatic rings. The van der Waals surface area contributed by atoms with Gasteiger partial charge in [-0.25, -0.2) is 0 Å². The average molecular weight is 311 g/mol. The van der Waals surface area contributed by atoms with Crippen LogP contribution < -0.4 is 5.73 Å². The quantitative estimate of drug-likeness (QED) is 0.931. The number of nitrogens with zero attached hydrogens (tertiary/aromatic N) is 1. The van der Waals surface area contributed by atoms with E-state index in [2.05, 4.69) is 39.0 Å². The van der Waals surface area contributed by atoms with Gasteiger partial charge in [0.2, 0.25) is 5.91 Å². The summed E-state index contributed by atoms with van der Waals surface area (Å²) in [6, 6.07) is 8.40. The van der Waals surface area contributed by atoms with Crippen LogP contribution in [0.2, 0.25) is 0 Å². The van der Waals surface area contributed by atoms with E-state index in [9.17, 15) is 4.79 Å². The van der Waals surface area contributed by atoms with Gasteiger partial charge in [0.05, 0.1) is 5.54 Å². The molecule has 3 nitrogen and oxygen atoms in total. The van der Waals surface area contributed by atoms with Crippen molar-refractivity contribution in [1.82, 2.24) is 4.90 Å². The maximum Gasteiger partial charge on any atom is 0.242 e. The maximum atomic E-state index is 12.7. The monoisotopic (exact) mass is 310 g/mol. The van der Waals surface area contributed by atoms with Crippen molar-refractivity contribution in [3.8, 4) is 0 Å². The minimum atomic E-state index is -0.753. The molecule has 1 amide bonds. The smallest absolute Gasteiger partial charge is 0.242 e. The molecule has 0 fully saturated rings. The molecule has 1 aliphatic heterocycles. The Kier molecular flexibility index (Phi) is 5.46. The van der Waals surface area contributed by atoms with E-state index in [4.69, 9.17) is 5.73 Å². The molecule has 2 N–H and O–H groups in total. The summed E-state index contributed by atoms with van der Waals surface area (Å²) in [4.78, 5) is 14.6. The lowest BCUT2D eigenvalue weighted by atomic mass is 9.78. The molecule has 1 unspecified atom stereocenters. The van der Waals surface area contributed by atoms with Crippen LogP contribution in [0.5, 0.6) is 0 Å². The third kappa shape index (κ3) is 3.58. The number of fused-ring (bicyclic) bond motifs is 1. The highest BCUT2D eigenvalue weighted by molar-refractivity contribution is 5.86. The summed E-state index contributed by atoms with van der Waals surface area (Å²) in [7, 11) is 0. The van der Waals surface area contributed by atoms with Crippen molar-refractivity contribution < 1.29 is 4.79 Å². The fourth-order valence-corrected chi connectivity index (χ4v) is 3.27. The van der Waals surface area contributed by atoms with Gasteiger partial charge < -0.3 is 10.6 Å². The van der Waals surface area contributed by atoms with E-state index in [-0.39, 0.29) is 23.7 Å². The molecule has 0 bridgehead atoms. The minimum absolute atomic E-state index is 0. The highest BCUT2D eigenvalue weighted by Crippen LogP contribution is 2.34. The fraction of sp³-hybridized carbons (Fsp3) is 0.588. The molecule has 0 radical (unpaired) electrons. The molecule has 0 aliphatic carbocycles. The zero-order valence-electron chi connectivity index (χ0n) is 13.5. The van der Waals surface area contributed by atoms with E-state index < -0.39 is 5.54 Å². The van der Waals surface area contributed by atoms with Crippen LogP contribution in [0.3, 0.4) is 0 Å². The van der Waals surface area contributed by atoms with Gasteiger partial charge in [-0.05, 0) is 24.5 Å². The molecule has 1 aromatic carbocycles. The molecule has 1 atom stereocenters. The third-order valence-electron chi connectivity index (χ3n) is 4.24. The molecule has 1 aliphatic rings. The van der Waals surface area contributed by atoms with Gasteiger partial charge in [0, 0.05) is 18.5 Å². The lowest BCUT2D eigenvalue weighted by Gasteiger charge is -2.42. The van der Waals surface area contributed by atoms with Crippen LogP contribution in [0, 0.1) is 0 Å². The Bertz CT molecular complexity index is 511. The van der Waals surface area contributed by atoms with Gasteiger partial charge in [0.15, 0.2) is 0 Å². The Balaban J connectivity index is 0.00000220. The van der Waals surface area contributed by atoms with Crippen molar-refractivity contribution >= 4 is 18.3 Å². The van der Waals surface area contributed by atoms with Gasteiger partial charge in [0.1, 0.15) is 0 Å². The second kappa shape index (κ2) is 6.37. The van der Waals surface area contributed by atoms with Crippen LogP contribution in [-0.4, -0.2) is 22.9 Å². The Morgan fingerprint density at radius 2 is 2.00 bits per heavy atom. The number of carbonyl (C=O) groups excluding carboxylic acids is 1. The van der Waals surface area contributed by atoms with Crippen molar-refractivity contribution in [2.24, 2.45) is 5.73 Å². The molecule has 0 saturated carbocycles. The number of hydrogen-bond acceptors (Lipinski definition) is 2. The van der Waals surface area contributed by atoms with E-state index in [1.807, 2.05) is 17.9 Å². The number of halogens is 1. The van der Waals surface area contributed by atoms with Crippen LogP contribution in [0.15, 0.2) is 24.3 Å². The zero-order chi connectivity index (χ0) is 15.0. The van der Waals surface area contributed by atoms with E-state index in [0.717, 1.165) is 19.4 Å². The Morgan fingerprint density at radius 3 is 2.62 bits per heavy atom. The van der Waals surface area contributed by atoms with Crippen LogP contribution in [0.1, 0.15) is 51.7 Å². The predicted molar refractivity (Wildman–Crippen MR) is 89.6 cm³/mol. The third-order valence-corrected chi connectivity index (χ3v) is 4.24. The van der Waals surface area contributed by atoms with Crippen LogP contribution in [-0.2, 0) is 16.8 Å². The molecule has 0 saturated heterocycles. The zero-order valence-corrected chi connectivity index (χ0v) is 14.3. The summed E-state index contributed by atoms with van der Waals surface area (Å²) >= 11 is 0. The average Bonchev–Trinajstić information content (AvgIpc) is 2.37. The number of hydrogen-bond donors (Lipinski definition) is 1. The van der Waals surface area contributed by atoms with Gasteiger partial charge in [-0.1, -0.05) is 51.5 Å². The van der Waals surface area contributed by atoms with Crippen molar-refractivity contribution in [3.05, 3.63) is 35.4 Å². The summed E-state index contributed by atoms with van der Waals surface area (Å²) in [5.74, 6) is 0.0712. The summed E-state index contributed by atoms with van der Waals surface area (Å²) in [6.45, 7) is 9.71. The number of rotatable bonds is 3. The summed E-state index contributed by atoms with van der Waals surface area (Å²) in [5.41, 5.74) is 8.03. The largest absolute Gasteiger partial charge is 0.336 e. The van der Waals surface area contributed by atoms with E-state index in [1.54, 1.807) is 0 Å². The molecule has 118 valence electrons. The molecular formula is C17H27ClN2O. The molecule has 1 heterocycles. The maximum absolute atomic E-state index is 12.7. The minimum Gasteiger partial charge on any atom is -0.336 e. The number of carbonyl (C=O) groups is 1. The first-order chi connectivity index (χ1) is 9.28. The van der Waals surface area contributed by atoms with Gasteiger partial charge in [0.25, 0.3) is 0 Å². The number of nitrogens with two attached hydrogens (primary N) is 1. The first-order valence-corrected chi connectivity index (χ1v) is 7.44. The molecule has 4 heteroatoms. The van der Waals surface area contributed by atoms with Crippen molar-refractivity contribution in [1.29, 1.82) is 0 Å². The highest BCUT2D eigenvalue weighted by Gasteiger charge is 2.38. The van der Waals surface area contributed by atoms with Gasteiger partial charge in [-0.15, -0.1) is 12.4 Å². The van der Waals surface area contributed by atoms with Gasteiger partial charge in [-0.3, -0.25) is 4.79 Å². The van der Waals surface area contributed by atoms with Crippen molar-refractivity contribution in [3.63, 3.8) is 0 Å². The van der Waals surface area contributed by atoms with E-state index in [0.29, 0.717) is 6.54 Å². The van der Waals surface area contributed by atoms with Crippen LogP contribution >= 0.6 is 12.4 Å². The first kappa shape index (κ1) is 18.0. The molecule has 21 heavy (non-hydrogen) atoms. The summed E-state index contributed by atoms with van der Waals surface area (Å²) in [6.07, 6.45) is 1.65. The number of amides is 1. The number of benzene rings is 1. The predicted octanol–water partition coefficient (Wildman–Crippen LogP) is 3.25. The second-order valence-electron chi connectivity index (χ2n) is 6.87. The molecule has 0 spiro atoms. The Labute approximate surface area is 134 Å². The second-order valence-corrected chi connectivity index (χ2v) is 6.87. The molecular weight excluding hydrogens is 284 g/mol. The van der Waals surface area contributed by atoms with Gasteiger partial charge >= 0.3 is 0 Å². The molecule has 2 rings (SSSR count). The fourth-order valence-electron chi connectivity index (χ4n) is 3.27. The van der Waals surface area contributed by atoms with Crippen molar-refractivity contribution in [2.45, 2.75) is 58.0 Å². The van der Waals surface area contributed by atoms with E-state index >= 15 is 0 Å². The normalized spacial score (nSPS) is 19.2. The topological polar surface area (TPSA) is 46.3 Å². The van der Waals surface area contributed by atoms with Crippen LogP contribution in [0.4, 0.5) is 0 Å². The summed E-state index contributed by atoms with van der Waals surface area (Å²) < 4.78 is 0.